The first-order chi connectivity index (χ1) is 14.4. The summed E-state index contributed by atoms with van der Waals surface area (Å²) >= 11 is 0. The van der Waals surface area contributed by atoms with Crippen LogP contribution >= 0.6 is 0 Å². The van der Waals surface area contributed by atoms with Crippen LogP contribution in [0.4, 0.5) is 11.4 Å². The minimum Gasteiger partial charge on any atom is -0.328 e. The Morgan fingerprint density at radius 2 is 0.931 bits per heavy atom. The molecule has 0 atom stereocenters. The zero-order chi connectivity index (χ0) is 19.5. The fraction of sp³-hybridized carbons (Fsp3) is 0.0370. The van der Waals surface area contributed by atoms with Crippen LogP contribution in [0.3, 0.4) is 0 Å². The van der Waals surface area contributed by atoms with E-state index in [9.17, 15) is 0 Å². The number of anilines is 2. The fourth-order valence-corrected chi connectivity index (χ4v) is 3.91. The van der Waals surface area contributed by atoms with Crippen molar-refractivity contribution < 1.29 is 0 Å². The lowest BCUT2D eigenvalue weighted by Crippen LogP contribution is -2.25. The summed E-state index contributed by atoms with van der Waals surface area (Å²) in [5, 5.41) is 0. The van der Waals surface area contributed by atoms with Gasteiger partial charge in [0, 0.05) is 29.2 Å². The summed E-state index contributed by atoms with van der Waals surface area (Å²) < 4.78 is 0. The van der Waals surface area contributed by atoms with Crippen molar-refractivity contribution in [2.75, 3.05) is 16.5 Å². The maximum Gasteiger partial charge on any atom is 0.0989 e. The summed E-state index contributed by atoms with van der Waals surface area (Å²) in [5.74, 6) is 0. The van der Waals surface area contributed by atoms with Crippen LogP contribution in [0.15, 0.2) is 122 Å². The third kappa shape index (κ3) is 3.41. The van der Waals surface area contributed by atoms with Gasteiger partial charge in [0.25, 0.3) is 0 Å². The van der Waals surface area contributed by atoms with Crippen molar-refractivity contribution in [1.29, 1.82) is 0 Å². The Bertz CT molecular complexity index is 1060. The molecule has 0 amide bonds. The van der Waals surface area contributed by atoms with Crippen molar-refractivity contribution in [3.63, 3.8) is 0 Å². The minimum atomic E-state index is 0.785. The zero-order valence-corrected chi connectivity index (χ0v) is 16.1. The van der Waals surface area contributed by atoms with Gasteiger partial charge in [-0.25, -0.2) is 0 Å². The topological polar surface area (TPSA) is 6.48 Å². The molecule has 4 aromatic carbocycles. The molecule has 0 fully saturated rings. The Morgan fingerprint density at radius 3 is 1.48 bits per heavy atom. The van der Waals surface area contributed by atoms with Crippen LogP contribution in [0, 0.1) is 0 Å². The fourth-order valence-electron chi connectivity index (χ4n) is 3.91. The molecule has 1 aliphatic rings. The first kappa shape index (κ1) is 17.3. The van der Waals surface area contributed by atoms with E-state index in [-0.39, 0.29) is 0 Å². The molecule has 4 aromatic rings. The van der Waals surface area contributed by atoms with Gasteiger partial charge in [0.05, 0.1) is 12.4 Å². The van der Waals surface area contributed by atoms with E-state index in [1.165, 1.54) is 33.6 Å². The maximum absolute atomic E-state index is 2.34. The second-order valence-electron chi connectivity index (χ2n) is 7.15. The number of para-hydroxylation sites is 2. The zero-order valence-electron chi connectivity index (χ0n) is 16.1. The average Bonchev–Trinajstić information content (AvgIpc) is 3.30. The van der Waals surface area contributed by atoms with E-state index in [1.807, 2.05) is 0 Å². The van der Waals surface area contributed by atoms with Gasteiger partial charge in [0.2, 0.25) is 0 Å². The normalized spacial score (nSPS) is 13.1. The SMILES string of the molecule is C1=CN(c2c(-c3ccccc3)cccc2-c2ccccc2)CN1c1ccccc1. The van der Waals surface area contributed by atoms with Crippen LogP contribution in [0.1, 0.15) is 0 Å². The third-order valence-electron chi connectivity index (χ3n) is 5.31. The molecule has 0 saturated heterocycles. The van der Waals surface area contributed by atoms with Crippen LogP contribution in [0.2, 0.25) is 0 Å². The molecular weight excluding hydrogens is 352 g/mol. The first-order valence-corrected chi connectivity index (χ1v) is 9.91. The van der Waals surface area contributed by atoms with Crippen LogP contribution < -0.4 is 9.80 Å². The van der Waals surface area contributed by atoms with Crippen molar-refractivity contribution in [1.82, 2.24) is 0 Å². The predicted molar refractivity (Wildman–Crippen MR) is 123 cm³/mol. The molecule has 0 saturated carbocycles. The standard InChI is InChI=1S/C27H22N2/c1-4-11-22(12-5-1)25-17-10-18-26(23-13-6-2-7-14-23)27(25)29-20-19-28(21-29)24-15-8-3-9-16-24/h1-20H,21H2. The molecule has 5 rings (SSSR count). The molecule has 1 aliphatic heterocycles. The summed E-state index contributed by atoms with van der Waals surface area (Å²) in [4.78, 5) is 4.62. The molecule has 2 heteroatoms. The predicted octanol–water partition coefficient (Wildman–Crippen LogP) is 6.78. The summed E-state index contributed by atoms with van der Waals surface area (Å²) in [6.45, 7) is 0.785. The third-order valence-corrected chi connectivity index (χ3v) is 5.31. The summed E-state index contributed by atoms with van der Waals surface area (Å²) in [7, 11) is 0. The highest BCUT2D eigenvalue weighted by molar-refractivity contribution is 5.92. The number of benzene rings is 4. The summed E-state index contributed by atoms with van der Waals surface area (Å²) in [6, 6.07) is 38.4. The van der Waals surface area contributed by atoms with Gasteiger partial charge in [0.1, 0.15) is 0 Å². The molecule has 0 bridgehead atoms. The average molecular weight is 374 g/mol. The van der Waals surface area contributed by atoms with Crippen molar-refractivity contribution in [3.8, 4) is 22.3 Å². The smallest absolute Gasteiger partial charge is 0.0989 e. The van der Waals surface area contributed by atoms with E-state index in [4.69, 9.17) is 0 Å². The molecule has 1 heterocycles. The lowest BCUT2D eigenvalue weighted by atomic mass is 9.95. The van der Waals surface area contributed by atoms with E-state index < -0.39 is 0 Å². The van der Waals surface area contributed by atoms with Gasteiger partial charge >= 0.3 is 0 Å². The van der Waals surface area contributed by atoms with Crippen LogP contribution in [-0.2, 0) is 0 Å². The molecule has 0 N–H and O–H groups in total. The van der Waals surface area contributed by atoms with Gasteiger partial charge < -0.3 is 9.80 Å². The second kappa shape index (κ2) is 7.69. The largest absolute Gasteiger partial charge is 0.328 e. The Morgan fingerprint density at radius 1 is 0.448 bits per heavy atom. The van der Waals surface area contributed by atoms with E-state index in [0.29, 0.717) is 0 Å². The molecule has 29 heavy (non-hydrogen) atoms. The number of nitrogens with zero attached hydrogens (tertiary/aromatic N) is 2. The maximum atomic E-state index is 2.34. The lowest BCUT2D eigenvalue weighted by Gasteiger charge is -2.26. The van der Waals surface area contributed by atoms with Crippen LogP contribution in [-0.4, -0.2) is 6.67 Å². The molecule has 0 aromatic heterocycles. The lowest BCUT2D eigenvalue weighted by molar-refractivity contribution is 0.977. The molecule has 0 radical (unpaired) electrons. The van der Waals surface area contributed by atoms with Crippen molar-refractivity contribution in [2.45, 2.75) is 0 Å². The van der Waals surface area contributed by atoms with E-state index >= 15 is 0 Å². The summed E-state index contributed by atoms with van der Waals surface area (Å²) in [6.07, 6.45) is 4.34. The van der Waals surface area contributed by atoms with Crippen molar-refractivity contribution in [3.05, 3.63) is 122 Å². The number of hydrogen-bond acceptors (Lipinski definition) is 2. The molecule has 0 unspecified atom stereocenters. The Labute approximate surface area is 172 Å². The Hall–Kier alpha value is -3.78. The number of hydrogen-bond donors (Lipinski definition) is 0. The van der Waals surface area contributed by atoms with E-state index in [2.05, 4.69) is 131 Å². The van der Waals surface area contributed by atoms with Crippen LogP contribution in [0.5, 0.6) is 0 Å². The van der Waals surface area contributed by atoms with Crippen molar-refractivity contribution >= 4 is 11.4 Å². The van der Waals surface area contributed by atoms with Gasteiger partial charge in [-0.2, -0.15) is 0 Å². The molecular formula is C27H22N2. The van der Waals surface area contributed by atoms with Gasteiger partial charge in [-0.3, -0.25) is 0 Å². The molecule has 140 valence electrons. The Kier molecular flexibility index (Phi) is 4.59. The quantitative estimate of drug-likeness (QED) is 0.389. The van der Waals surface area contributed by atoms with E-state index in [0.717, 1.165) is 6.67 Å². The van der Waals surface area contributed by atoms with E-state index in [1.54, 1.807) is 0 Å². The van der Waals surface area contributed by atoms with Gasteiger partial charge in [-0.05, 0) is 23.3 Å². The van der Waals surface area contributed by atoms with Gasteiger partial charge in [-0.1, -0.05) is 97.1 Å². The highest BCUT2D eigenvalue weighted by Crippen LogP contribution is 2.41. The number of rotatable bonds is 4. The van der Waals surface area contributed by atoms with Crippen LogP contribution in [0.25, 0.3) is 22.3 Å². The highest BCUT2D eigenvalue weighted by atomic mass is 15.3. The van der Waals surface area contributed by atoms with Gasteiger partial charge in [0.15, 0.2) is 0 Å². The molecule has 2 nitrogen and oxygen atoms in total. The summed E-state index contributed by atoms with van der Waals surface area (Å²) in [5.41, 5.74) is 7.38. The monoisotopic (exact) mass is 374 g/mol. The Balaban J connectivity index is 1.62. The minimum absolute atomic E-state index is 0.785. The molecule has 0 aliphatic carbocycles. The second-order valence-corrected chi connectivity index (χ2v) is 7.15. The van der Waals surface area contributed by atoms with Crippen molar-refractivity contribution in [2.24, 2.45) is 0 Å². The molecule has 0 spiro atoms. The first-order valence-electron chi connectivity index (χ1n) is 9.91. The van der Waals surface area contributed by atoms with Gasteiger partial charge in [-0.15, -0.1) is 0 Å². The highest BCUT2D eigenvalue weighted by Gasteiger charge is 2.21.